The van der Waals surface area contributed by atoms with Gasteiger partial charge in [0.25, 0.3) is 0 Å². The Morgan fingerprint density at radius 1 is 1.18 bits per heavy atom. The Bertz CT molecular complexity index is 926. The summed E-state index contributed by atoms with van der Waals surface area (Å²) in [6.07, 6.45) is 5.30. The van der Waals surface area contributed by atoms with Gasteiger partial charge < -0.3 is 15.0 Å². The minimum absolute atomic E-state index is 0.0130. The molecule has 2 aromatic heterocycles. The lowest BCUT2D eigenvalue weighted by Gasteiger charge is -2.32. The molecule has 1 amide bonds. The number of piperidine rings is 1. The van der Waals surface area contributed by atoms with Crippen LogP contribution in [0.3, 0.4) is 0 Å². The van der Waals surface area contributed by atoms with Crippen molar-refractivity contribution in [2.45, 2.75) is 12.8 Å². The maximum atomic E-state index is 12.7. The van der Waals surface area contributed by atoms with E-state index in [1.807, 2.05) is 48.7 Å². The average Bonchev–Trinajstić information content (AvgIpc) is 3.29. The summed E-state index contributed by atoms with van der Waals surface area (Å²) in [5, 5.41) is 15.7. The third-order valence-corrected chi connectivity index (χ3v) is 4.83. The number of amides is 1. The summed E-state index contributed by atoms with van der Waals surface area (Å²) in [5.41, 5.74) is 0.741. The molecule has 0 spiro atoms. The lowest BCUT2D eigenvalue weighted by molar-refractivity contribution is -0.120. The van der Waals surface area contributed by atoms with Gasteiger partial charge in [0.2, 0.25) is 5.91 Å². The van der Waals surface area contributed by atoms with Crippen LogP contribution in [-0.4, -0.2) is 46.1 Å². The van der Waals surface area contributed by atoms with Crippen LogP contribution in [0.5, 0.6) is 5.75 Å². The van der Waals surface area contributed by atoms with E-state index in [1.165, 1.54) is 0 Å². The molecule has 28 heavy (non-hydrogen) atoms. The summed E-state index contributed by atoms with van der Waals surface area (Å²) >= 11 is 0. The van der Waals surface area contributed by atoms with Gasteiger partial charge in [-0.1, -0.05) is 6.07 Å². The van der Waals surface area contributed by atoms with Crippen LogP contribution in [0.2, 0.25) is 0 Å². The first-order valence-corrected chi connectivity index (χ1v) is 9.26. The average molecular weight is 378 g/mol. The molecule has 1 N–H and O–H groups in total. The Morgan fingerprint density at radius 2 is 2.04 bits per heavy atom. The van der Waals surface area contributed by atoms with Gasteiger partial charge in [-0.3, -0.25) is 4.79 Å². The highest BCUT2D eigenvalue weighted by atomic mass is 16.5. The number of rotatable bonds is 5. The predicted octanol–water partition coefficient (Wildman–Crippen LogP) is 2.53. The van der Waals surface area contributed by atoms with Crippen molar-refractivity contribution in [3.63, 3.8) is 0 Å². The van der Waals surface area contributed by atoms with Crippen molar-refractivity contribution >= 4 is 17.4 Å². The maximum absolute atomic E-state index is 12.7. The van der Waals surface area contributed by atoms with Crippen LogP contribution >= 0.6 is 0 Å². The van der Waals surface area contributed by atoms with E-state index in [0.29, 0.717) is 12.4 Å². The van der Waals surface area contributed by atoms with Crippen molar-refractivity contribution in [3.05, 3.63) is 54.9 Å². The minimum atomic E-state index is -0.104. The first kappa shape index (κ1) is 18.0. The summed E-state index contributed by atoms with van der Waals surface area (Å²) in [6, 6.07) is 13.0. The van der Waals surface area contributed by atoms with Crippen molar-refractivity contribution in [2.75, 3.05) is 30.4 Å². The molecule has 1 unspecified atom stereocenters. The SMILES string of the molecule is COc1cccc(NC(=O)C2CCCN(c3ccc(-n4cccn4)nn3)C2)c1. The molecule has 1 atom stereocenters. The monoisotopic (exact) mass is 378 g/mol. The number of hydrogen-bond acceptors (Lipinski definition) is 6. The van der Waals surface area contributed by atoms with Gasteiger partial charge >= 0.3 is 0 Å². The summed E-state index contributed by atoms with van der Waals surface area (Å²) in [5.74, 6) is 2.06. The fourth-order valence-electron chi connectivity index (χ4n) is 3.36. The predicted molar refractivity (Wildman–Crippen MR) is 106 cm³/mol. The van der Waals surface area contributed by atoms with Gasteiger partial charge in [-0.25, -0.2) is 4.68 Å². The molecule has 0 bridgehead atoms. The van der Waals surface area contributed by atoms with Crippen molar-refractivity contribution in [1.29, 1.82) is 0 Å². The van der Waals surface area contributed by atoms with E-state index in [0.717, 1.165) is 36.6 Å². The van der Waals surface area contributed by atoms with Gasteiger partial charge in [-0.15, -0.1) is 10.2 Å². The molecular weight excluding hydrogens is 356 g/mol. The number of nitrogens with one attached hydrogen (secondary N) is 1. The van der Waals surface area contributed by atoms with E-state index in [9.17, 15) is 4.79 Å². The summed E-state index contributed by atoms with van der Waals surface area (Å²) in [6.45, 7) is 1.48. The molecule has 3 heterocycles. The van der Waals surface area contributed by atoms with Crippen molar-refractivity contribution < 1.29 is 9.53 Å². The summed E-state index contributed by atoms with van der Waals surface area (Å²) < 4.78 is 6.88. The van der Waals surface area contributed by atoms with E-state index in [1.54, 1.807) is 18.0 Å². The number of carbonyl (C=O) groups is 1. The zero-order chi connectivity index (χ0) is 19.3. The third-order valence-electron chi connectivity index (χ3n) is 4.83. The second-order valence-corrected chi connectivity index (χ2v) is 6.71. The molecule has 1 aliphatic heterocycles. The normalized spacial score (nSPS) is 16.6. The first-order valence-electron chi connectivity index (χ1n) is 9.26. The van der Waals surface area contributed by atoms with Gasteiger partial charge in [-0.2, -0.15) is 5.10 Å². The number of nitrogens with zero attached hydrogens (tertiary/aromatic N) is 5. The van der Waals surface area contributed by atoms with Crippen LogP contribution in [0.4, 0.5) is 11.5 Å². The number of ether oxygens (including phenoxy) is 1. The fraction of sp³-hybridized carbons (Fsp3) is 0.300. The lowest BCUT2D eigenvalue weighted by atomic mass is 9.97. The second-order valence-electron chi connectivity index (χ2n) is 6.71. The number of anilines is 2. The molecule has 1 saturated heterocycles. The van der Waals surface area contributed by atoms with Crippen LogP contribution in [0, 0.1) is 5.92 Å². The molecule has 1 fully saturated rings. The molecule has 0 radical (unpaired) electrons. The standard InChI is InChI=1S/C20H22N6O2/c1-28-17-7-2-6-16(13-17)22-20(27)15-5-3-11-25(14-15)18-8-9-19(24-23-18)26-12-4-10-21-26/h2,4,6-10,12-13,15H,3,5,11,14H2,1H3,(H,22,27). The molecule has 1 aliphatic rings. The zero-order valence-corrected chi connectivity index (χ0v) is 15.7. The Kier molecular flexibility index (Phi) is 5.18. The Balaban J connectivity index is 1.41. The van der Waals surface area contributed by atoms with Gasteiger partial charge in [0.1, 0.15) is 5.75 Å². The zero-order valence-electron chi connectivity index (χ0n) is 15.7. The third kappa shape index (κ3) is 3.95. The van der Waals surface area contributed by atoms with Gasteiger partial charge in [-0.05, 0) is 43.2 Å². The molecule has 1 aromatic carbocycles. The van der Waals surface area contributed by atoms with E-state index in [4.69, 9.17) is 4.74 Å². The fourth-order valence-corrected chi connectivity index (χ4v) is 3.36. The lowest BCUT2D eigenvalue weighted by Crippen LogP contribution is -2.41. The molecule has 0 aliphatic carbocycles. The van der Waals surface area contributed by atoms with Crippen molar-refractivity contribution in [2.24, 2.45) is 5.92 Å². The topological polar surface area (TPSA) is 85.2 Å². The van der Waals surface area contributed by atoms with Crippen LogP contribution in [0.1, 0.15) is 12.8 Å². The molecule has 4 rings (SSSR count). The van der Waals surface area contributed by atoms with Gasteiger partial charge in [0.05, 0.1) is 13.0 Å². The number of carbonyl (C=O) groups excluding carboxylic acids is 1. The van der Waals surface area contributed by atoms with E-state index in [-0.39, 0.29) is 11.8 Å². The largest absolute Gasteiger partial charge is 0.497 e. The first-order chi connectivity index (χ1) is 13.7. The highest BCUT2D eigenvalue weighted by Crippen LogP contribution is 2.24. The number of benzene rings is 1. The van der Waals surface area contributed by atoms with Gasteiger partial charge in [0, 0.05) is 37.2 Å². The molecular formula is C20H22N6O2. The molecule has 8 heteroatoms. The van der Waals surface area contributed by atoms with Crippen molar-refractivity contribution in [1.82, 2.24) is 20.0 Å². The van der Waals surface area contributed by atoms with Crippen molar-refractivity contribution in [3.8, 4) is 11.6 Å². The van der Waals surface area contributed by atoms with E-state index in [2.05, 4.69) is 25.5 Å². The smallest absolute Gasteiger partial charge is 0.229 e. The molecule has 144 valence electrons. The Hall–Kier alpha value is -3.42. The summed E-state index contributed by atoms with van der Waals surface area (Å²) in [7, 11) is 1.61. The number of hydrogen-bond donors (Lipinski definition) is 1. The highest BCUT2D eigenvalue weighted by molar-refractivity contribution is 5.93. The summed E-state index contributed by atoms with van der Waals surface area (Å²) in [4.78, 5) is 14.8. The minimum Gasteiger partial charge on any atom is -0.497 e. The van der Waals surface area contributed by atoms with E-state index >= 15 is 0 Å². The molecule has 3 aromatic rings. The van der Waals surface area contributed by atoms with Crippen LogP contribution < -0.4 is 15.0 Å². The number of aromatic nitrogens is 4. The second kappa shape index (κ2) is 8.08. The Morgan fingerprint density at radius 3 is 2.79 bits per heavy atom. The Labute approximate surface area is 163 Å². The molecule has 0 saturated carbocycles. The van der Waals surface area contributed by atoms with Crippen LogP contribution in [0.15, 0.2) is 54.9 Å². The van der Waals surface area contributed by atoms with Gasteiger partial charge in [0.15, 0.2) is 11.6 Å². The maximum Gasteiger partial charge on any atom is 0.229 e. The quantitative estimate of drug-likeness (QED) is 0.734. The molecule has 8 nitrogen and oxygen atoms in total. The van der Waals surface area contributed by atoms with Crippen LogP contribution in [-0.2, 0) is 4.79 Å². The highest BCUT2D eigenvalue weighted by Gasteiger charge is 2.27. The van der Waals surface area contributed by atoms with Crippen LogP contribution in [0.25, 0.3) is 5.82 Å². The van der Waals surface area contributed by atoms with E-state index < -0.39 is 0 Å². The number of methoxy groups -OCH3 is 1.